The monoisotopic (exact) mass is 229 g/mol. The number of fused-ring (bicyclic) bond motifs is 1. The lowest BCUT2D eigenvalue weighted by Gasteiger charge is -2.20. The minimum Gasteiger partial charge on any atom is -0.315 e. The van der Waals surface area contributed by atoms with Gasteiger partial charge in [0.05, 0.1) is 6.07 Å². The molecule has 0 aromatic carbocycles. The Kier molecular flexibility index (Phi) is 3.05. The molecule has 0 spiro atoms. The zero-order chi connectivity index (χ0) is 11.5. The van der Waals surface area contributed by atoms with Gasteiger partial charge in [0, 0.05) is 34.5 Å². The molecule has 2 unspecified atom stereocenters. The van der Waals surface area contributed by atoms with Crippen molar-refractivity contribution in [3.8, 4) is 17.9 Å². The van der Waals surface area contributed by atoms with Crippen molar-refractivity contribution >= 4 is 17.6 Å². The standard InChI is InChI=1S/C12H11N3S/c1-2-3-8-7-16-11-6-15-5-9(12(8)11)10(14)4-13/h6-7,9-10H,5,14H2,1H3. The van der Waals surface area contributed by atoms with Gasteiger partial charge < -0.3 is 5.73 Å². The zero-order valence-electron chi connectivity index (χ0n) is 8.90. The number of nitriles is 1. The van der Waals surface area contributed by atoms with E-state index in [1.54, 1.807) is 18.3 Å². The smallest absolute Gasteiger partial charge is 0.102 e. The van der Waals surface area contributed by atoms with E-state index in [9.17, 15) is 0 Å². The van der Waals surface area contributed by atoms with E-state index in [0.717, 1.165) is 16.0 Å². The predicted molar refractivity (Wildman–Crippen MR) is 65.7 cm³/mol. The van der Waals surface area contributed by atoms with E-state index < -0.39 is 6.04 Å². The van der Waals surface area contributed by atoms with Crippen LogP contribution in [0.1, 0.15) is 28.8 Å². The summed E-state index contributed by atoms with van der Waals surface area (Å²) >= 11 is 1.61. The minimum absolute atomic E-state index is 0.0212. The first-order valence-electron chi connectivity index (χ1n) is 4.97. The lowest BCUT2D eigenvalue weighted by Crippen LogP contribution is -2.30. The first-order chi connectivity index (χ1) is 7.77. The first kappa shape index (κ1) is 10.9. The second kappa shape index (κ2) is 4.49. The van der Waals surface area contributed by atoms with Crippen molar-refractivity contribution in [2.45, 2.75) is 18.9 Å². The van der Waals surface area contributed by atoms with Gasteiger partial charge in [-0.3, -0.25) is 4.99 Å². The molecule has 1 aromatic rings. The molecule has 16 heavy (non-hydrogen) atoms. The molecule has 80 valence electrons. The Morgan fingerprint density at radius 1 is 1.69 bits per heavy atom. The highest BCUT2D eigenvalue weighted by Crippen LogP contribution is 2.32. The molecule has 1 aliphatic heterocycles. The summed E-state index contributed by atoms with van der Waals surface area (Å²) in [6.45, 7) is 2.39. The molecule has 2 atom stereocenters. The molecule has 0 saturated heterocycles. The molecule has 2 rings (SSSR count). The van der Waals surface area contributed by atoms with E-state index in [-0.39, 0.29) is 5.92 Å². The fraction of sp³-hybridized carbons (Fsp3) is 0.333. The van der Waals surface area contributed by atoms with Crippen LogP contribution in [0.4, 0.5) is 0 Å². The average molecular weight is 229 g/mol. The molecule has 0 radical (unpaired) electrons. The fourth-order valence-electron chi connectivity index (χ4n) is 1.82. The molecule has 0 amide bonds. The Bertz CT molecular complexity index is 525. The van der Waals surface area contributed by atoms with Crippen LogP contribution in [0, 0.1) is 23.2 Å². The Labute approximate surface area is 98.6 Å². The van der Waals surface area contributed by atoms with Crippen molar-refractivity contribution in [1.82, 2.24) is 0 Å². The zero-order valence-corrected chi connectivity index (χ0v) is 9.71. The third-order valence-corrected chi connectivity index (χ3v) is 3.52. The molecule has 1 aliphatic rings. The van der Waals surface area contributed by atoms with E-state index in [1.165, 1.54) is 0 Å². The molecule has 4 heteroatoms. The molecule has 0 bridgehead atoms. The van der Waals surface area contributed by atoms with Crippen LogP contribution in [-0.4, -0.2) is 18.8 Å². The van der Waals surface area contributed by atoms with Crippen LogP contribution in [0.3, 0.4) is 0 Å². The van der Waals surface area contributed by atoms with Gasteiger partial charge in [-0.1, -0.05) is 5.92 Å². The highest BCUT2D eigenvalue weighted by Gasteiger charge is 2.27. The summed E-state index contributed by atoms with van der Waals surface area (Å²) in [6, 6.07) is 1.58. The Balaban J connectivity index is 2.50. The molecular formula is C12H11N3S. The molecular weight excluding hydrogens is 218 g/mol. The van der Waals surface area contributed by atoms with Crippen LogP contribution in [0.2, 0.25) is 0 Å². The van der Waals surface area contributed by atoms with Crippen LogP contribution in [0.15, 0.2) is 10.4 Å². The number of thiophene rings is 1. The van der Waals surface area contributed by atoms with Crippen molar-refractivity contribution in [3.63, 3.8) is 0 Å². The minimum atomic E-state index is -0.511. The second-order valence-corrected chi connectivity index (χ2v) is 4.47. The summed E-state index contributed by atoms with van der Waals surface area (Å²) in [7, 11) is 0. The number of nitrogens with two attached hydrogens (primary N) is 1. The summed E-state index contributed by atoms with van der Waals surface area (Å²) in [6.07, 6.45) is 1.85. The topological polar surface area (TPSA) is 62.2 Å². The lowest BCUT2D eigenvalue weighted by atomic mass is 9.89. The van der Waals surface area contributed by atoms with Gasteiger partial charge >= 0.3 is 0 Å². The number of nitrogens with zero attached hydrogens (tertiary/aromatic N) is 2. The Hall–Kier alpha value is -1.62. The highest BCUT2D eigenvalue weighted by atomic mass is 32.1. The first-order valence-corrected chi connectivity index (χ1v) is 5.85. The normalized spacial score (nSPS) is 19.2. The fourth-order valence-corrected chi connectivity index (χ4v) is 2.77. The van der Waals surface area contributed by atoms with Crippen molar-refractivity contribution < 1.29 is 0 Å². The highest BCUT2D eigenvalue weighted by molar-refractivity contribution is 7.12. The van der Waals surface area contributed by atoms with Gasteiger partial charge in [0.15, 0.2) is 0 Å². The van der Waals surface area contributed by atoms with Crippen LogP contribution in [0.25, 0.3) is 0 Å². The SMILES string of the molecule is CC#Cc1csc2c1C(C(N)C#N)CN=C2. The predicted octanol–water partition coefficient (Wildman–Crippen LogP) is 1.49. The van der Waals surface area contributed by atoms with Crippen LogP contribution < -0.4 is 5.73 Å². The summed E-state index contributed by atoms with van der Waals surface area (Å²) in [5, 5.41) is 10.9. The van der Waals surface area contributed by atoms with E-state index in [4.69, 9.17) is 11.0 Å². The van der Waals surface area contributed by atoms with E-state index in [2.05, 4.69) is 22.9 Å². The van der Waals surface area contributed by atoms with Gasteiger partial charge in [-0.25, -0.2) is 0 Å². The Morgan fingerprint density at radius 2 is 2.50 bits per heavy atom. The molecule has 2 N–H and O–H groups in total. The van der Waals surface area contributed by atoms with Crippen molar-refractivity contribution in [3.05, 3.63) is 21.4 Å². The van der Waals surface area contributed by atoms with E-state index >= 15 is 0 Å². The number of aliphatic imine (C=N–C) groups is 1. The second-order valence-electron chi connectivity index (χ2n) is 3.56. The number of rotatable bonds is 1. The molecule has 2 heterocycles. The molecule has 1 aromatic heterocycles. The van der Waals surface area contributed by atoms with Crippen LogP contribution in [-0.2, 0) is 0 Å². The number of hydrogen-bond acceptors (Lipinski definition) is 4. The molecule has 3 nitrogen and oxygen atoms in total. The van der Waals surface area contributed by atoms with Crippen LogP contribution >= 0.6 is 11.3 Å². The van der Waals surface area contributed by atoms with Crippen molar-refractivity contribution in [1.29, 1.82) is 5.26 Å². The van der Waals surface area contributed by atoms with Gasteiger partial charge in [-0.15, -0.1) is 17.3 Å². The Morgan fingerprint density at radius 3 is 3.19 bits per heavy atom. The summed E-state index contributed by atoms with van der Waals surface area (Å²) in [5.41, 5.74) is 7.90. The molecule has 0 fully saturated rings. The van der Waals surface area contributed by atoms with Gasteiger partial charge in [0.25, 0.3) is 0 Å². The largest absolute Gasteiger partial charge is 0.315 e. The van der Waals surface area contributed by atoms with Gasteiger partial charge in [-0.2, -0.15) is 5.26 Å². The maximum absolute atomic E-state index is 8.91. The van der Waals surface area contributed by atoms with Gasteiger partial charge in [-0.05, 0) is 12.5 Å². The maximum atomic E-state index is 8.91. The van der Waals surface area contributed by atoms with E-state index in [0.29, 0.717) is 6.54 Å². The van der Waals surface area contributed by atoms with Crippen LogP contribution in [0.5, 0.6) is 0 Å². The maximum Gasteiger partial charge on any atom is 0.102 e. The third-order valence-electron chi connectivity index (χ3n) is 2.58. The summed E-state index contributed by atoms with van der Waals surface area (Å²) in [4.78, 5) is 5.33. The van der Waals surface area contributed by atoms with Crippen molar-refractivity contribution in [2.75, 3.05) is 6.54 Å². The third kappa shape index (κ3) is 1.74. The van der Waals surface area contributed by atoms with E-state index in [1.807, 2.05) is 11.6 Å². The quantitative estimate of drug-likeness (QED) is 0.741. The molecule has 0 saturated carbocycles. The van der Waals surface area contributed by atoms with Crippen molar-refractivity contribution in [2.24, 2.45) is 10.7 Å². The van der Waals surface area contributed by atoms with Gasteiger partial charge in [0.1, 0.15) is 6.04 Å². The van der Waals surface area contributed by atoms with Gasteiger partial charge in [0.2, 0.25) is 0 Å². The summed E-state index contributed by atoms with van der Waals surface area (Å²) < 4.78 is 0. The number of hydrogen-bond donors (Lipinski definition) is 1. The summed E-state index contributed by atoms with van der Waals surface area (Å²) in [5.74, 6) is 5.92. The lowest BCUT2D eigenvalue weighted by molar-refractivity contribution is 0.625. The average Bonchev–Trinajstić information content (AvgIpc) is 2.72. The molecule has 0 aliphatic carbocycles.